The molecule has 0 N–H and O–H groups in total. The van der Waals surface area contributed by atoms with Gasteiger partial charge in [0.2, 0.25) is 0 Å². The standard InChI is InChI=1S/C29H34N2O2/c1-22(10-9-11-23(2)20-28(32)33-25-12-7-6-8-13-25)14-15-26-24(3)27(16-17-29(26,4)5)31-19-18-30-21-31/h6-15,18-21,27H,16-17H2,1-5H3/b11-9+,15-14+,22-10+,23-20-. The van der Waals surface area contributed by atoms with E-state index in [1.807, 2.05) is 49.8 Å². The number of ether oxygens (including phenoxy) is 1. The van der Waals surface area contributed by atoms with E-state index in [1.165, 1.54) is 17.2 Å². The van der Waals surface area contributed by atoms with Gasteiger partial charge in [0.15, 0.2) is 0 Å². The Morgan fingerprint density at radius 1 is 1.15 bits per heavy atom. The van der Waals surface area contributed by atoms with E-state index < -0.39 is 0 Å². The van der Waals surface area contributed by atoms with Crippen molar-refractivity contribution in [1.29, 1.82) is 0 Å². The maximum Gasteiger partial charge on any atom is 0.336 e. The second-order valence-electron chi connectivity index (χ2n) is 9.27. The lowest BCUT2D eigenvalue weighted by Crippen LogP contribution is -2.25. The number of imidazole rings is 1. The number of benzene rings is 1. The molecule has 1 aromatic carbocycles. The minimum Gasteiger partial charge on any atom is -0.423 e. The van der Waals surface area contributed by atoms with Gasteiger partial charge in [-0.05, 0) is 67.9 Å². The van der Waals surface area contributed by atoms with Crippen LogP contribution in [0.2, 0.25) is 0 Å². The van der Waals surface area contributed by atoms with Crippen LogP contribution in [0.3, 0.4) is 0 Å². The summed E-state index contributed by atoms with van der Waals surface area (Å²) in [6, 6.07) is 9.45. The van der Waals surface area contributed by atoms with Gasteiger partial charge in [0.05, 0.1) is 12.4 Å². The first-order valence-electron chi connectivity index (χ1n) is 11.4. The number of nitrogens with zero attached hydrogens (tertiary/aromatic N) is 2. The van der Waals surface area contributed by atoms with Gasteiger partial charge < -0.3 is 9.30 Å². The normalized spacial score (nSPS) is 19.5. The average Bonchev–Trinajstić information content (AvgIpc) is 3.28. The molecule has 0 bridgehead atoms. The molecule has 0 saturated carbocycles. The molecule has 0 saturated heterocycles. The molecule has 1 unspecified atom stereocenters. The van der Waals surface area contributed by atoms with Crippen LogP contribution in [0.1, 0.15) is 53.5 Å². The molecule has 0 amide bonds. The molecule has 33 heavy (non-hydrogen) atoms. The van der Waals surface area contributed by atoms with E-state index in [-0.39, 0.29) is 11.4 Å². The summed E-state index contributed by atoms with van der Waals surface area (Å²) in [5, 5.41) is 0. The number of para-hydroxylation sites is 1. The number of carbonyl (C=O) groups is 1. The van der Waals surface area contributed by atoms with Crippen LogP contribution in [0.15, 0.2) is 108 Å². The number of allylic oxidation sites excluding steroid dienone is 9. The molecule has 1 heterocycles. The first-order chi connectivity index (χ1) is 15.8. The van der Waals surface area contributed by atoms with E-state index in [2.05, 4.69) is 61.7 Å². The van der Waals surface area contributed by atoms with E-state index in [0.717, 1.165) is 24.0 Å². The summed E-state index contributed by atoms with van der Waals surface area (Å²) in [7, 11) is 0. The first-order valence-corrected chi connectivity index (χ1v) is 11.4. The van der Waals surface area contributed by atoms with Gasteiger partial charge in [-0.1, -0.05) is 68.0 Å². The predicted molar refractivity (Wildman–Crippen MR) is 135 cm³/mol. The predicted octanol–water partition coefficient (Wildman–Crippen LogP) is 7.17. The molecule has 1 aliphatic rings. The summed E-state index contributed by atoms with van der Waals surface area (Å²) >= 11 is 0. The van der Waals surface area contributed by atoms with Crippen molar-refractivity contribution in [3.63, 3.8) is 0 Å². The fourth-order valence-electron chi connectivity index (χ4n) is 4.24. The van der Waals surface area contributed by atoms with E-state index in [0.29, 0.717) is 11.8 Å². The van der Waals surface area contributed by atoms with E-state index >= 15 is 0 Å². The summed E-state index contributed by atoms with van der Waals surface area (Å²) in [6.07, 6.45) is 19.9. The number of hydrogen-bond donors (Lipinski definition) is 0. The van der Waals surface area contributed by atoms with Gasteiger partial charge in [0.1, 0.15) is 5.75 Å². The smallest absolute Gasteiger partial charge is 0.336 e. The van der Waals surface area contributed by atoms with E-state index in [4.69, 9.17) is 4.74 Å². The molecule has 0 spiro atoms. The monoisotopic (exact) mass is 442 g/mol. The summed E-state index contributed by atoms with van der Waals surface area (Å²) in [6.45, 7) is 10.9. The molecule has 1 aromatic heterocycles. The zero-order valence-corrected chi connectivity index (χ0v) is 20.3. The van der Waals surface area contributed by atoms with Gasteiger partial charge in [-0.25, -0.2) is 9.78 Å². The summed E-state index contributed by atoms with van der Waals surface area (Å²) in [4.78, 5) is 16.3. The second kappa shape index (κ2) is 11.0. The third kappa shape index (κ3) is 6.79. The molecule has 3 rings (SSSR count). The largest absolute Gasteiger partial charge is 0.423 e. The van der Waals surface area contributed by atoms with Crippen molar-refractivity contribution in [3.8, 4) is 5.75 Å². The van der Waals surface area contributed by atoms with Crippen LogP contribution in [0.4, 0.5) is 0 Å². The Bertz CT molecular complexity index is 1100. The lowest BCUT2D eigenvalue weighted by Gasteiger charge is -2.37. The lowest BCUT2D eigenvalue weighted by molar-refractivity contribution is -0.129. The van der Waals surface area contributed by atoms with E-state index in [1.54, 1.807) is 12.1 Å². The fraction of sp³-hybridized carbons (Fsp3) is 0.310. The van der Waals surface area contributed by atoms with Gasteiger partial charge in [-0.15, -0.1) is 0 Å². The summed E-state index contributed by atoms with van der Waals surface area (Å²) in [5.41, 5.74) is 4.92. The van der Waals surface area contributed by atoms with Crippen molar-refractivity contribution in [2.24, 2.45) is 5.41 Å². The Morgan fingerprint density at radius 3 is 2.61 bits per heavy atom. The topological polar surface area (TPSA) is 44.1 Å². The lowest BCUT2D eigenvalue weighted by atomic mass is 9.71. The van der Waals surface area contributed by atoms with Crippen molar-refractivity contribution in [2.75, 3.05) is 0 Å². The van der Waals surface area contributed by atoms with E-state index in [9.17, 15) is 4.79 Å². The highest BCUT2D eigenvalue weighted by Crippen LogP contribution is 2.45. The third-order valence-electron chi connectivity index (χ3n) is 6.12. The number of aromatic nitrogens is 2. The highest BCUT2D eigenvalue weighted by Gasteiger charge is 2.32. The zero-order valence-electron chi connectivity index (χ0n) is 20.3. The Hall–Kier alpha value is -3.40. The molecule has 1 atom stereocenters. The van der Waals surface area contributed by atoms with Crippen molar-refractivity contribution >= 4 is 5.97 Å². The fourth-order valence-corrected chi connectivity index (χ4v) is 4.24. The minimum absolute atomic E-state index is 0.145. The van der Waals surface area contributed by atoms with Gasteiger partial charge in [0, 0.05) is 18.5 Å². The van der Waals surface area contributed by atoms with Crippen LogP contribution < -0.4 is 4.74 Å². The Balaban J connectivity index is 1.66. The summed E-state index contributed by atoms with van der Waals surface area (Å²) in [5.74, 6) is 0.167. The highest BCUT2D eigenvalue weighted by molar-refractivity contribution is 5.85. The molecule has 0 aliphatic heterocycles. The number of carbonyl (C=O) groups excluding carboxylic acids is 1. The molecule has 1 aliphatic carbocycles. The van der Waals surface area contributed by atoms with Gasteiger partial charge in [-0.3, -0.25) is 0 Å². The van der Waals surface area contributed by atoms with Crippen LogP contribution in [0.5, 0.6) is 5.75 Å². The number of rotatable bonds is 7. The molecule has 2 aromatic rings. The molecular formula is C29H34N2O2. The van der Waals surface area contributed by atoms with Crippen LogP contribution in [0.25, 0.3) is 0 Å². The highest BCUT2D eigenvalue weighted by atomic mass is 16.5. The van der Waals surface area contributed by atoms with Crippen LogP contribution in [0, 0.1) is 5.41 Å². The molecular weight excluding hydrogens is 408 g/mol. The van der Waals surface area contributed by atoms with Gasteiger partial charge in [-0.2, -0.15) is 0 Å². The SMILES string of the molecule is CC1=C(/C=C/C(C)=C/C=C/C(C)=C\C(=O)Oc2ccccc2)C(C)(C)CCC1n1ccnc1. The minimum atomic E-state index is -0.377. The van der Waals surface area contributed by atoms with Crippen molar-refractivity contribution in [2.45, 2.75) is 53.5 Å². The average molecular weight is 443 g/mol. The number of esters is 1. The molecule has 4 heteroatoms. The van der Waals surface area contributed by atoms with Crippen molar-refractivity contribution in [1.82, 2.24) is 9.55 Å². The quantitative estimate of drug-likeness (QED) is 0.198. The molecule has 0 radical (unpaired) electrons. The Labute approximate surface area is 197 Å². The molecule has 4 nitrogen and oxygen atoms in total. The maximum absolute atomic E-state index is 12.0. The zero-order chi connectivity index (χ0) is 23.8. The third-order valence-corrected chi connectivity index (χ3v) is 6.12. The second-order valence-corrected chi connectivity index (χ2v) is 9.27. The summed E-state index contributed by atoms with van der Waals surface area (Å²) < 4.78 is 7.51. The van der Waals surface area contributed by atoms with Gasteiger partial charge >= 0.3 is 5.97 Å². The number of hydrogen-bond acceptors (Lipinski definition) is 3. The van der Waals surface area contributed by atoms with Crippen molar-refractivity contribution < 1.29 is 9.53 Å². The molecule has 172 valence electrons. The Morgan fingerprint density at radius 2 is 1.91 bits per heavy atom. The Kier molecular flexibility index (Phi) is 8.05. The van der Waals surface area contributed by atoms with Gasteiger partial charge in [0.25, 0.3) is 0 Å². The van der Waals surface area contributed by atoms with Crippen molar-refractivity contribution in [3.05, 3.63) is 108 Å². The van der Waals surface area contributed by atoms with Crippen LogP contribution in [-0.2, 0) is 4.79 Å². The van der Waals surface area contributed by atoms with Crippen LogP contribution >= 0.6 is 0 Å². The molecule has 0 fully saturated rings. The maximum atomic E-state index is 12.0. The van der Waals surface area contributed by atoms with Crippen LogP contribution in [-0.4, -0.2) is 15.5 Å². The first kappa shape index (κ1) is 24.2.